The van der Waals surface area contributed by atoms with Gasteiger partial charge in [0.05, 0.1) is 6.61 Å². The van der Waals surface area contributed by atoms with E-state index in [-0.39, 0.29) is 5.91 Å². The number of ether oxygens (including phenoxy) is 1. The van der Waals surface area contributed by atoms with Crippen LogP contribution in [0.4, 0.5) is 16.2 Å². The summed E-state index contributed by atoms with van der Waals surface area (Å²) in [5.41, 5.74) is 1.33. The third kappa shape index (κ3) is 8.29. The SMILES string of the molecule is CCCCCCCCOC(=O)Nc1ccc(NC(C)=O)cc1. The first-order valence-electron chi connectivity index (χ1n) is 7.93. The number of carbonyl (C=O) groups excluding carboxylic acids is 2. The van der Waals surface area contributed by atoms with Crippen LogP contribution in [0, 0.1) is 0 Å². The van der Waals surface area contributed by atoms with Gasteiger partial charge >= 0.3 is 6.09 Å². The number of hydrogen-bond acceptors (Lipinski definition) is 3. The number of anilines is 2. The monoisotopic (exact) mass is 306 g/mol. The highest BCUT2D eigenvalue weighted by Crippen LogP contribution is 2.13. The highest BCUT2D eigenvalue weighted by Gasteiger charge is 2.03. The second kappa shape index (κ2) is 10.7. The molecule has 1 aromatic rings. The van der Waals surface area contributed by atoms with Gasteiger partial charge < -0.3 is 10.1 Å². The predicted molar refractivity (Wildman–Crippen MR) is 89.1 cm³/mol. The zero-order chi connectivity index (χ0) is 16.2. The molecule has 0 aliphatic heterocycles. The van der Waals surface area contributed by atoms with Gasteiger partial charge in [0.25, 0.3) is 0 Å². The molecule has 0 radical (unpaired) electrons. The van der Waals surface area contributed by atoms with Crippen LogP contribution in [0.15, 0.2) is 24.3 Å². The van der Waals surface area contributed by atoms with Crippen LogP contribution in [-0.2, 0) is 9.53 Å². The Balaban J connectivity index is 2.17. The molecule has 0 aromatic heterocycles. The van der Waals surface area contributed by atoms with Crippen LogP contribution in [0.25, 0.3) is 0 Å². The van der Waals surface area contributed by atoms with Crippen molar-refractivity contribution < 1.29 is 14.3 Å². The molecule has 5 nitrogen and oxygen atoms in total. The van der Waals surface area contributed by atoms with E-state index in [4.69, 9.17) is 4.74 Å². The van der Waals surface area contributed by atoms with Gasteiger partial charge in [-0.2, -0.15) is 0 Å². The molecular weight excluding hydrogens is 280 g/mol. The van der Waals surface area contributed by atoms with E-state index in [1.54, 1.807) is 24.3 Å². The number of carbonyl (C=O) groups is 2. The molecule has 2 amide bonds. The van der Waals surface area contributed by atoms with Crippen molar-refractivity contribution in [2.45, 2.75) is 52.4 Å². The van der Waals surface area contributed by atoms with Crippen molar-refractivity contribution in [3.63, 3.8) is 0 Å². The quantitative estimate of drug-likeness (QED) is 0.657. The summed E-state index contributed by atoms with van der Waals surface area (Å²) < 4.78 is 5.13. The maximum absolute atomic E-state index is 11.6. The Bertz CT molecular complexity index is 457. The number of unbranched alkanes of at least 4 members (excludes halogenated alkanes) is 5. The molecule has 0 spiro atoms. The number of benzene rings is 1. The fraction of sp³-hybridized carbons (Fsp3) is 0.529. The largest absolute Gasteiger partial charge is 0.449 e. The smallest absolute Gasteiger partial charge is 0.411 e. The summed E-state index contributed by atoms with van der Waals surface area (Å²) in [4.78, 5) is 22.5. The predicted octanol–water partition coefficient (Wildman–Crippen LogP) is 4.55. The minimum absolute atomic E-state index is 0.126. The topological polar surface area (TPSA) is 67.4 Å². The number of rotatable bonds is 9. The van der Waals surface area contributed by atoms with Gasteiger partial charge in [-0.25, -0.2) is 4.79 Å². The van der Waals surface area contributed by atoms with Crippen molar-refractivity contribution >= 4 is 23.4 Å². The Morgan fingerprint density at radius 1 is 0.909 bits per heavy atom. The maximum atomic E-state index is 11.6. The van der Waals surface area contributed by atoms with Gasteiger partial charge in [-0.3, -0.25) is 10.1 Å². The molecule has 22 heavy (non-hydrogen) atoms. The average Bonchev–Trinajstić information content (AvgIpc) is 2.48. The minimum Gasteiger partial charge on any atom is -0.449 e. The van der Waals surface area contributed by atoms with E-state index in [9.17, 15) is 9.59 Å². The lowest BCUT2D eigenvalue weighted by atomic mass is 10.1. The Morgan fingerprint density at radius 3 is 2.05 bits per heavy atom. The van der Waals surface area contributed by atoms with Crippen molar-refractivity contribution in [1.82, 2.24) is 0 Å². The van der Waals surface area contributed by atoms with Crippen molar-refractivity contribution in [2.75, 3.05) is 17.2 Å². The Kier molecular flexibility index (Phi) is 8.72. The highest BCUT2D eigenvalue weighted by atomic mass is 16.5. The van der Waals surface area contributed by atoms with Crippen LogP contribution in [0.5, 0.6) is 0 Å². The van der Waals surface area contributed by atoms with Gasteiger partial charge in [-0.15, -0.1) is 0 Å². The van der Waals surface area contributed by atoms with Crippen molar-refractivity contribution in [2.24, 2.45) is 0 Å². The van der Waals surface area contributed by atoms with Crippen LogP contribution in [0.2, 0.25) is 0 Å². The molecule has 0 atom stereocenters. The normalized spacial score (nSPS) is 10.1. The highest BCUT2D eigenvalue weighted by molar-refractivity contribution is 5.89. The Morgan fingerprint density at radius 2 is 1.45 bits per heavy atom. The fourth-order valence-corrected chi connectivity index (χ4v) is 2.04. The lowest BCUT2D eigenvalue weighted by molar-refractivity contribution is -0.114. The average molecular weight is 306 g/mol. The summed E-state index contributed by atoms with van der Waals surface area (Å²) in [6.45, 7) is 4.09. The summed E-state index contributed by atoms with van der Waals surface area (Å²) in [7, 11) is 0. The van der Waals surface area contributed by atoms with E-state index in [1.807, 2.05) is 0 Å². The third-order valence-corrected chi connectivity index (χ3v) is 3.18. The van der Waals surface area contributed by atoms with Gasteiger partial charge in [0.15, 0.2) is 0 Å². The molecule has 1 aromatic carbocycles. The lowest BCUT2D eigenvalue weighted by Crippen LogP contribution is -2.14. The maximum Gasteiger partial charge on any atom is 0.411 e. The minimum atomic E-state index is -0.444. The van der Waals surface area contributed by atoms with E-state index in [2.05, 4.69) is 17.6 Å². The molecule has 2 N–H and O–H groups in total. The second-order valence-corrected chi connectivity index (χ2v) is 5.29. The first-order valence-corrected chi connectivity index (χ1v) is 7.93. The van der Waals surface area contributed by atoms with Crippen LogP contribution < -0.4 is 10.6 Å². The molecule has 122 valence electrons. The molecule has 0 saturated heterocycles. The summed E-state index contributed by atoms with van der Waals surface area (Å²) >= 11 is 0. The van der Waals surface area contributed by atoms with E-state index in [1.165, 1.54) is 32.6 Å². The van der Waals surface area contributed by atoms with Crippen LogP contribution in [-0.4, -0.2) is 18.6 Å². The molecule has 0 fully saturated rings. The van der Waals surface area contributed by atoms with Gasteiger partial charge in [0.2, 0.25) is 5.91 Å². The molecule has 0 heterocycles. The van der Waals surface area contributed by atoms with E-state index in [0.29, 0.717) is 18.0 Å². The summed E-state index contributed by atoms with van der Waals surface area (Å²) in [5, 5.41) is 5.33. The van der Waals surface area contributed by atoms with E-state index >= 15 is 0 Å². The van der Waals surface area contributed by atoms with Gasteiger partial charge in [-0.05, 0) is 30.7 Å². The molecule has 1 rings (SSSR count). The Labute approximate surface area is 132 Å². The van der Waals surface area contributed by atoms with Crippen LogP contribution in [0.3, 0.4) is 0 Å². The number of amides is 2. The number of nitrogens with one attached hydrogen (secondary N) is 2. The van der Waals surface area contributed by atoms with Crippen molar-refractivity contribution in [3.05, 3.63) is 24.3 Å². The van der Waals surface area contributed by atoms with Crippen LogP contribution in [0.1, 0.15) is 52.4 Å². The van der Waals surface area contributed by atoms with E-state index in [0.717, 1.165) is 12.8 Å². The Hall–Kier alpha value is -2.04. The zero-order valence-corrected chi connectivity index (χ0v) is 13.5. The zero-order valence-electron chi connectivity index (χ0n) is 13.5. The molecule has 0 saturated carbocycles. The molecule has 0 unspecified atom stereocenters. The first-order chi connectivity index (χ1) is 10.6. The van der Waals surface area contributed by atoms with Crippen LogP contribution >= 0.6 is 0 Å². The summed E-state index contributed by atoms with van der Waals surface area (Å²) in [6, 6.07) is 6.89. The van der Waals surface area contributed by atoms with Gasteiger partial charge in [0, 0.05) is 18.3 Å². The lowest BCUT2D eigenvalue weighted by Gasteiger charge is -2.08. The molecule has 0 aliphatic rings. The van der Waals surface area contributed by atoms with Gasteiger partial charge in [-0.1, -0.05) is 39.0 Å². The van der Waals surface area contributed by atoms with E-state index < -0.39 is 6.09 Å². The fourth-order valence-electron chi connectivity index (χ4n) is 2.04. The number of hydrogen-bond donors (Lipinski definition) is 2. The first kappa shape index (κ1) is 18.0. The molecule has 0 aliphatic carbocycles. The van der Waals surface area contributed by atoms with Gasteiger partial charge in [0.1, 0.15) is 0 Å². The van der Waals surface area contributed by atoms with Crippen molar-refractivity contribution in [1.29, 1.82) is 0 Å². The molecule has 5 heteroatoms. The second-order valence-electron chi connectivity index (χ2n) is 5.29. The molecular formula is C17H26N2O3. The summed E-state index contributed by atoms with van der Waals surface area (Å²) in [6.07, 6.45) is 6.51. The van der Waals surface area contributed by atoms with Crippen molar-refractivity contribution in [3.8, 4) is 0 Å². The third-order valence-electron chi connectivity index (χ3n) is 3.18. The molecule has 0 bridgehead atoms. The standard InChI is InChI=1S/C17H26N2O3/c1-3-4-5-6-7-8-13-22-17(21)19-16-11-9-15(10-12-16)18-14(2)20/h9-12H,3-8,13H2,1-2H3,(H,18,20)(H,19,21). The summed E-state index contributed by atoms with van der Waals surface area (Å²) in [5.74, 6) is -0.126.